The molecule has 1 atom stereocenters. The SMILES string of the molecule is COCC(C)Oc1cccc(Cl)c1CN. The van der Waals surface area contributed by atoms with Crippen LogP contribution in [-0.4, -0.2) is 19.8 Å². The van der Waals surface area contributed by atoms with Gasteiger partial charge in [-0.3, -0.25) is 0 Å². The second-order valence-corrected chi connectivity index (χ2v) is 3.71. The van der Waals surface area contributed by atoms with Crippen molar-refractivity contribution in [3.8, 4) is 5.75 Å². The van der Waals surface area contributed by atoms with Crippen molar-refractivity contribution in [2.24, 2.45) is 5.73 Å². The maximum absolute atomic E-state index is 6.00. The molecule has 0 radical (unpaired) electrons. The largest absolute Gasteiger partial charge is 0.488 e. The molecule has 0 saturated heterocycles. The van der Waals surface area contributed by atoms with Gasteiger partial charge in [0.2, 0.25) is 0 Å². The summed E-state index contributed by atoms with van der Waals surface area (Å²) in [6.07, 6.45) is -0.0150. The minimum absolute atomic E-state index is 0.0150. The minimum atomic E-state index is -0.0150. The third-order valence-electron chi connectivity index (χ3n) is 2.01. The van der Waals surface area contributed by atoms with E-state index in [4.69, 9.17) is 26.8 Å². The van der Waals surface area contributed by atoms with Crippen LogP contribution in [0.2, 0.25) is 5.02 Å². The van der Waals surface area contributed by atoms with Gasteiger partial charge < -0.3 is 15.2 Å². The maximum atomic E-state index is 6.00. The van der Waals surface area contributed by atoms with Crippen LogP contribution in [0.4, 0.5) is 0 Å². The van der Waals surface area contributed by atoms with E-state index in [1.165, 1.54) is 0 Å². The first-order valence-corrected chi connectivity index (χ1v) is 5.20. The van der Waals surface area contributed by atoms with Crippen molar-refractivity contribution in [3.63, 3.8) is 0 Å². The summed E-state index contributed by atoms with van der Waals surface area (Å²) >= 11 is 6.00. The summed E-state index contributed by atoms with van der Waals surface area (Å²) in [6, 6.07) is 5.51. The van der Waals surface area contributed by atoms with Crippen LogP contribution < -0.4 is 10.5 Å². The smallest absolute Gasteiger partial charge is 0.125 e. The van der Waals surface area contributed by atoms with E-state index in [-0.39, 0.29) is 6.10 Å². The zero-order chi connectivity index (χ0) is 11.3. The summed E-state index contributed by atoms with van der Waals surface area (Å²) in [4.78, 5) is 0. The van der Waals surface area contributed by atoms with E-state index in [9.17, 15) is 0 Å². The molecule has 0 aliphatic carbocycles. The lowest BCUT2D eigenvalue weighted by Crippen LogP contribution is -2.19. The fourth-order valence-electron chi connectivity index (χ4n) is 1.33. The Morgan fingerprint density at radius 1 is 1.47 bits per heavy atom. The van der Waals surface area contributed by atoms with Crippen molar-refractivity contribution in [1.82, 2.24) is 0 Å². The molecule has 15 heavy (non-hydrogen) atoms. The van der Waals surface area contributed by atoms with Crippen LogP contribution in [0.15, 0.2) is 18.2 Å². The molecular weight excluding hydrogens is 214 g/mol. The molecule has 0 amide bonds. The molecule has 4 heteroatoms. The molecular formula is C11H16ClNO2. The summed E-state index contributed by atoms with van der Waals surface area (Å²) in [5.41, 5.74) is 6.44. The molecule has 0 aliphatic rings. The van der Waals surface area contributed by atoms with E-state index >= 15 is 0 Å². The topological polar surface area (TPSA) is 44.5 Å². The number of rotatable bonds is 5. The molecule has 0 aromatic heterocycles. The molecule has 0 fully saturated rings. The van der Waals surface area contributed by atoms with Gasteiger partial charge in [-0.05, 0) is 19.1 Å². The van der Waals surface area contributed by atoms with Crippen molar-refractivity contribution in [1.29, 1.82) is 0 Å². The summed E-state index contributed by atoms with van der Waals surface area (Å²) in [5, 5.41) is 0.639. The standard InChI is InChI=1S/C11H16ClNO2/c1-8(7-14-2)15-11-5-3-4-10(12)9(11)6-13/h3-5,8H,6-7,13H2,1-2H3. The molecule has 0 heterocycles. The van der Waals surface area contributed by atoms with Gasteiger partial charge in [-0.25, -0.2) is 0 Å². The van der Waals surface area contributed by atoms with Gasteiger partial charge in [-0.2, -0.15) is 0 Å². The van der Waals surface area contributed by atoms with Gasteiger partial charge in [0.25, 0.3) is 0 Å². The quantitative estimate of drug-likeness (QED) is 0.842. The van der Waals surface area contributed by atoms with Crippen LogP contribution in [0.5, 0.6) is 5.75 Å². The molecule has 0 spiro atoms. The Hall–Kier alpha value is -0.770. The highest BCUT2D eigenvalue weighted by molar-refractivity contribution is 6.31. The van der Waals surface area contributed by atoms with E-state index in [1.807, 2.05) is 19.1 Å². The second kappa shape index (κ2) is 5.95. The molecule has 0 aliphatic heterocycles. The molecule has 0 bridgehead atoms. The first-order chi connectivity index (χ1) is 7.19. The van der Waals surface area contributed by atoms with E-state index in [0.717, 1.165) is 11.3 Å². The van der Waals surface area contributed by atoms with Crippen LogP contribution in [0, 0.1) is 0 Å². The highest BCUT2D eigenvalue weighted by Crippen LogP contribution is 2.26. The predicted octanol–water partition coefficient (Wildman–Crippen LogP) is 2.21. The third-order valence-corrected chi connectivity index (χ3v) is 2.36. The minimum Gasteiger partial charge on any atom is -0.488 e. The average Bonchev–Trinajstić information content (AvgIpc) is 2.18. The van der Waals surface area contributed by atoms with Crippen LogP contribution in [0.3, 0.4) is 0 Å². The molecule has 1 unspecified atom stereocenters. The summed E-state index contributed by atoms with van der Waals surface area (Å²) < 4.78 is 10.7. The fourth-order valence-corrected chi connectivity index (χ4v) is 1.58. The van der Waals surface area contributed by atoms with Gasteiger partial charge in [0.1, 0.15) is 11.9 Å². The highest BCUT2D eigenvalue weighted by atomic mass is 35.5. The average molecular weight is 230 g/mol. The predicted molar refractivity (Wildman–Crippen MR) is 61.3 cm³/mol. The van der Waals surface area contributed by atoms with Crippen LogP contribution in [0.25, 0.3) is 0 Å². The van der Waals surface area contributed by atoms with E-state index in [1.54, 1.807) is 13.2 Å². The lowest BCUT2D eigenvalue weighted by Gasteiger charge is -2.16. The second-order valence-electron chi connectivity index (χ2n) is 3.30. The van der Waals surface area contributed by atoms with E-state index in [2.05, 4.69) is 0 Å². The Morgan fingerprint density at radius 2 is 2.20 bits per heavy atom. The molecule has 0 saturated carbocycles. The summed E-state index contributed by atoms with van der Waals surface area (Å²) in [5.74, 6) is 0.731. The summed E-state index contributed by atoms with van der Waals surface area (Å²) in [7, 11) is 1.64. The van der Waals surface area contributed by atoms with Gasteiger partial charge in [0.05, 0.1) is 6.61 Å². The molecule has 1 rings (SSSR count). The monoisotopic (exact) mass is 229 g/mol. The summed E-state index contributed by atoms with van der Waals surface area (Å²) in [6.45, 7) is 2.84. The number of ether oxygens (including phenoxy) is 2. The molecule has 1 aromatic carbocycles. The zero-order valence-corrected chi connectivity index (χ0v) is 9.75. The molecule has 1 aromatic rings. The van der Waals surface area contributed by atoms with Gasteiger partial charge in [0.15, 0.2) is 0 Å². The number of nitrogens with two attached hydrogens (primary N) is 1. The fraction of sp³-hybridized carbons (Fsp3) is 0.455. The maximum Gasteiger partial charge on any atom is 0.125 e. The Kier molecular flexibility index (Phi) is 4.88. The normalized spacial score (nSPS) is 12.5. The van der Waals surface area contributed by atoms with Crippen molar-refractivity contribution in [2.75, 3.05) is 13.7 Å². The van der Waals surface area contributed by atoms with Crippen LogP contribution >= 0.6 is 11.6 Å². The number of hydrogen-bond donors (Lipinski definition) is 1. The van der Waals surface area contributed by atoms with Crippen LogP contribution in [0.1, 0.15) is 12.5 Å². The van der Waals surface area contributed by atoms with Gasteiger partial charge in [-0.1, -0.05) is 17.7 Å². The zero-order valence-electron chi connectivity index (χ0n) is 9.00. The molecule has 3 nitrogen and oxygen atoms in total. The van der Waals surface area contributed by atoms with Crippen molar-refractivity contribution >= 4 is 11.6 Å². The first kappa shape index (κ1) is 12.3. The third kappa shape index (κ3) is 3.38. The molecule has 2 N–H and O–H groups in total. The Labute approximate surface area is 95.1 Å². The Balaban J connectivity index is 2.80. The Morgan fingerprint density at radius 3 is 2.80 bits per heavy atom. The molecule has 84 valence electrons. The first-order valence-electron chi connectivity index (χ1n) is 4.82. The lowest BCUT2D eigenvalue weighted by molar-refractivity contribution is 0.0914. The van der Waals surface area contributed by atoms with Crippen molar-refractivity contribution in [3.05, 3.63) is 28.8 Å². The highest BCUT2D eigenvalue weighted by Gasteiger charge is 2.09. The number of hydrogen-bond acceptors (Lipinski definition) is 3. The van der Waals surface area contributed by atoms with Gasteiger partial charge >= 0.3 is 0 Å². The van der Waals surface area contributed by atoms with E-state index in [0.29, 0.717) is 18.2 Å². The number of halogens is 1. The van der Waals surface area contributed by atoms with Crippen molar-refractivity contribution in [2.45, 2.75) is 19.6 Å². The number of benzene rings is 1. The van der Waals surface area contributed by atoms with E-state index < -0.39 is 0 Å². The lowest BCUT2D eigenvalue weighted by atomic mass is 10.2. The van der Waals surface area contributed by atoms with Gasteiger partial charge in [-0.15, -0.1) is 0 Å². The van der Waals surface area contributed by atoms with Crippen LogP contribution in [-0.2, 0) is 11.3 Å². The Bertz CT molecular complexity index is 317. The van der Waals surface area contributed by atoms with Crippen molar-refractivity contribution < 1.29 is 9.47 Å². The number of methoxy groups -OCH3 is 1. The van der Waals surface area contributed by atoms with Gasteiger partial charge in [0, 0.05) is 24.2 Å².